The van der Waals surface area contributed by atoms with E-state index < -0.39 is 5.97 Å². The number of hydrogen-bond donors (Lipinski definition) is 1. The summed E-state index contributed by atoms with van der Waals surface area (Å²) in [5.41, 5.74) is 1.07. The molecule has 17 heavy (non-hydrogen) atoms. The molecular formula is C13H16FNO2. The first-order valence-electron chi connectivity index (χ1n) is 5.75. The number of aliphatic carboxylic acids is 1. The number of halogens is 1. The van der Waals surface area contributed by atoms with Crippen molar-refractivity contribution >= 4 is 5.97 Å². The van der Waals surface area contributed by atoms with E-state index in [4.69, 9.17) is 5.11 Å². The van der Waals surface area contributed by atoms with E-state index in [0.717, 1.165) is 24.9 Å². The van der Waals surface area contributed by atoms with Crippen molar-refractivity contribution in [2.75, 3.05) is 13.6 Å². The van der Waals surface area contributed by atoms with Gasteiger partial charge in [0.1, 0.15) is 5.82 Å². The van der Waals surface area contributed by atoms with E-state index in [1.807, 2.05) is 7.05 Å². The Kier molecular flexibility index (Phi) is 3.43. The van der Waals surface area contributed by atoms with Gasteiger partial charge >= 0.3 is 5.97 Å². The zero-order valence-electron chi connectivity index (χ0n) is 9.77. The second kappa shape index (κ2) is 4.84. The normalized spacial score (nSPS) is 22.8. The van der Waals surface area contributed by atoms with Gasteiger partial charge in [0.05, 0.1) is 5.92 Å². The monoisotopic (exact) mass is 237 g/mol. The van der Waals surface area contributed by atoms with Gasteiger partial charge in [-0.1, -0.05) is 12.1 Å². The van der Waals surface area contributed by atoms with Crippen LogP contribution in [0, 0.1) is 11.7 Å². The molecule has 0 amide bonds. The number of nitrogens with zero attached hydrogens (tertiary/aromatic N) is 1. The fraction of sp³-hybridized carbons (Fsp3) is 0.462. The van der Waals surface area contributed by atoms with Gasteiger partial charge in [0, 0.05) is 12.6 Å². The van der Waals surface area contributed by atoms with Crippen LogP contribution < -0.4 is 0 Å². The standard InChI is InChI=1S/C13H16FNO2/c1-15(12-8-11(12)13(16)17)7-6-9-2-4-10(14)5-3-9/h2-5,11-12H,6-8H2,1H3,(H,16,17). The number of carboxylic acids is 1. The predicted molar refractivity (Wildman–Crippen MR) is 62.3 cm³/mol. The number of carboxylic acid groups (broad SMARTS) is 1. The van der Waals surface area contributed by atoms with Crippen molar-refractivity contribution in [1.82, 2.24) is 4.90 Å². The molecule has 2 atom stereocenters. The molecule has 1 aromatic carbocycles. The summed E-state index contributed by atoms with van der Waals surface area (Å²) in [6.07, 6.45) is 1.56. The Hall–Kier alpha value is -1.42. The Balaban J connectivity index is 1.79. The van der Waals surface area contributed by atoms with E-state index in [0.29, 0.717) is 0 Å². The minimum atomic E-state index is -0.705. The van der Waals surface area contributed by atoms with Gasteiger partial charge in [-0.25, -0.2) is 4.39 Å². The lowest BCUT2D eigenvalue weighted by atomic mass is 10.1. The van der Waals surface area contributed by atoms with Crippen LogP contribution >= 0.6 is 0 Å². The zero-order chi connectivity index (χ0) is 12.4. The van der Waals surface area contributed by atoms with Gasteiger partial charge in [0.2, 0.25) is 0 Å². The Morgan fingerprint density at radius 2 is 2.12 bits per heavy atom. The molecule has 0 heterocycles. The van der Waals surface area contributed by atoms with Crippen molar-refractivity contribution in [2.24, 2.45) is 5.92 Å². The van der Waals surface area contributed by atoms with Crippen LogP contribution in [0.4, 0.5) is 4.39 Å². The molecule has 3 nitrogen and oxygen atoms in total. The molecule has 1 aromatic rings. The molecule has 0 aromatic heterocycles. The quantitative estimate of drug-likeness (QED) is 0.848. The number of rotatable bonds is 5. The molecule has 0 saturated heterocycles. The molecule has 1 fully saturated rings. The highest BCUT2D eigenvalue weighted by atomic mass is 19.1. The first-order valence-corrected chi connectivity index (χ1v) is 5.75. The van der Waals surface area contributed by atoms with Crippen LogP contribution in [-0.2, 0) is 11.2 Å². The minimum absolute atomic E-state index is 0.174. The number of benzene rings is 1. The van der Waals surface area contributed by atoms with E-state index in [1.54, 1.807) is 12.1 Å². The maximum absolute atomic E-state index is 12.7. The Labute approximate surface area is 99.9 Å². The Morgan fingerprint density at radius 3 is 2.65 bits per heavy atom. The second-order valence-electron chi connectivity index (χ2n) is 4.60. The molecule has 1 N–H and O–H groups in total. The maximum Gasteiger partial charge on any atom is 0.308 e. The van der Waals surface area contributed by atoms with Crippen molar-refractivity contribution in [3.63, 3.8) is 0 Å². The van der Waals surface area contributed by atoms with Crippen molar-refractivity contribution in [3.8, 4) is 0 Å². The third-order valence-corrected chi connectivity index (χ3v) is 3.31. The molecule has 0 spiro atoms. The van der Waals surface area contributed by atoms with Crippen LogP contribution in [0.5, 0.6) is 0 Å². The lowest BCUT2D eigenvalue weighted by molar-refractivity contribution is -0.138. The van der Waals surface area contributed by atoms with Gasteiger partial charge < -0.3 is 10.0 Å². The molecule has 2 rings (SSSR count). The SMILES string of the molecule is CN(CCc1ccc(F)cc1)C1CC1C(=O)O. The van der Waals surface area contributed by atoms with Crippen LogP contribution in [0.1, 0.15) is 12.0 Å². The van der Waals surface area contributed by atoms with Gasteiger partial charge in [-0.05, 0) is 37.6 Å². The molecule has 0 bridgehead atoms. The maximum atomic E-state index is 12.7. The fourth-order valence-electron chi connectivity index (χ4n) is 2.06. The summed E-state index contributed by atoms with van der Waals surface area (Å²) < 4.78 is 12.7. The number of hydrogen-bond acceptors (Lipinski definition) is 2. The molecule has 0 radical (unpaired) electrons. The van der Waals surface area contributed by atoms with Crippen molar-refractivity contribution < 1.29 is 14.3 Å². The fourth-order valence-corrected chi connectivity index (χ4v) is 2.06. The summed E-state index contributed by atoms with van der Waals surface area (Å²) in [6.45, 7) is 0.806. The molecular weight excluding hydrogens is 221 g/mol. The van der Waals surface area contributed by atoms with Gasteiger partial charge in [0.25, 0.3) is 0 Å². The highest BCUT2D eigenvalue weighted by Crippen LogP contribution is 2.34. The number of likely N-dealkylation sites (N-methyl/N-ethyl adjacent to an activating group) is 1. The number of carbonyl (C=O) groups is 1. The molecule has 1 aliphatic carbocycles. The molecule has 4 heteroatoms. The second-order valence-corrected chi connectivity index (χ2v) is 4.60. The van der Waals surface area contributed by atoms with Crippen molar-refractivity contribution in [2.45, 2.75) is 18.9 Å². The predicted octanol–water partition coefficient (Wildman–Crippen LogP) is 1.77. The summed E-state index contributed by atoms with van der Waals surface area (Å²) in [6, 6.07) is 6.61. The largest absolute Gasteiger partial charge is 0.481 e. The van der Waals surface area contributed by atoms with E-state index >= 15 is 0 Å². The zero-order valence-corrected chi connectivity index (χ0v) is 9.77. The average Bonchev–Trinajstić information content (AvgIpc) is 3.08. The summed E-state index contributed by atoms with van der Waals surface area (Å²) in [5, 5.41) is 8.82. The van der Waals surface area contributed by atoms with Gasteiger partial charge in [-0.2, -0.15) is 0 Å². The third kappa shape index (κ3) is 3.03. The lowest BCUT2D eigenvalue weighted by Gasteiger charge is -2.15. The Bertz CT molecular complexity index is 404. The highest BCUT2D eigenvalue weighted by Gasteiger charge is 2.45. The van der Waals surface area contributed by atoms with Crippen LogP contribution in [-0.4, -0.2) is 35.6 Å². The first kappa shape index (κ1) is 12.0. The molecule has 0 aliphatic heterocycles. The van der Waals surface area contributed by atoms with Crippen LogP contribution in [0.3, 0.4) is 0 Å². The van der Waals surface area contributed by atoms with E-state index in [-0.39, 0.29) is 17.8 Å². The minimum Gasteiger partial charge on any atom is -0.481 e. The van der Waals surface area contributed by atoms with Gasteiger partial charge in [0.15, 0.2) is 0 Å². The van der Waals surface area contributed by atoms with E-state index in [2.05, 4.69) is 4.90 Å². The summed E-state index contributed by atoms with van der Waals surface area (Å²) in [7, 11) is 1.94. The molecule has 2 unspecified atom stereocenters. The molecule has 1 saturated carbocycles. The van der Waals surface area contributed by atoms with Crippen molar-refractivity contribution in [3.05, 3.63) is 35.6 Å². The third-order valence-electron chi connectivity index (χ3n) is 3.31. The van der Waals surface area contributed by atoms with Gasteiger partial charge in [-0.3, -0.25) is 4.79 Å². The Morgan fingerprint density at radius 1 is 1.47 bits per heavy atom. The lowest BCUT2D eigenvalue weighted by Crippen LogP contribution is -2.26. The summed E-state index contributed by atoms with van der Waals surface area (Å²) in [5.74, 6) is -1.13. The van der Waals surface area contributed by atoms with Gasteiger partial charge in [-0.15, -0.1) is 0 Å². The topological polar surface area (TPSA) is 40.5 Å². The molecule has 1 aliphatic rings. The highest BCUT2D eigenvalue weighted by molar-refractivity contribution is 5.74. The summed E-state index contributed by atoms with van der Waals surface area (Å²) in [4.78, 5) is 12.8. The van der Waals surface area contributed by atoms with E-state index in [1.165, 1.54) is 12.1 Å². The first-order chi connectivity index (χ1) is 8.08. The average molecular weight is 237 g/mol. The van der Waals surface area contributed by atoms with Crippen LogP contribution in [0.25, 0.3) is 0 Å². The van der Waals surface area contributed by atoms with Crippen LogP contribution in [0.15, 0.2) is 24.3 Å². The summed E-state index contributed by atoms with van der Waals surface area (Å²) >= 11 is 0. The molecule has 92 valence electrons. The van der Waals surface area contributed by atoms with Crippen LogP contribution in [0.2, 0.25) is 0 Å². The smallest absolute Gasteiger partial charge is 0.308 e. The van der Waals surface area contributed by atoms with Crippen molar-refractivity contribution in [1.29, 1.82) is 0 Å². The van der Waals surface area contributed by atoms with E-state index in [9.17, 15) is 9.18 Å².